The van der Waals surface area contributed by atoms with Gasteiger partial charge >= 0.3 is 0 Å². The fraction of sp³-hybridized carbons (Fsp3) is 0.500. The SMILES string of the molecule is Cl.Cn1ccnc1C1CNCCN1Cc1nccs1. The number of hydrogen-bond donors (Lipinski definition) is 1. The van der Waals surface area contributed by atoms with E-state index in [0.717, 1.165) is 32.0 Å². The first-order valence-corrected chi connectivity index (χ1v) is 7.03. The summed E-state index contributed by atoms with van der Waals surface area (Å²) in [6.45, 7) is 3.94. The summed E-state index contributed by atoms with van der Waals surface area (Å²) in [5, 5.41) is 6.66. The van der Waals surface area contributed by atoms with Gasteiger partial charge in [-0.15, -0.1) is 23.7 Å². The third-order valence-electron chi connectivity index (χ3n) is 3.33. The van der Waals surface area contributed by atoms with E-state index in [1.165, 1.54) is 5.01 Å². The van der Waals surface area contributed by atoms with Crippen molar-refractivity contribution in [3.8, 4) is 0 Å². The number of thiazole rings is 1. The van der Waals surface area contributed by atoms with Crippen molar-refractivity contribution in [2.24, 2.45) is 7.05 Å². The molecule has 0 saturated carbocycles. The Balaban J connectivity index is 0.00000133. The van der Waals surface area contributed by atoms with Gasteiger partial charge < -0.3 is 9.88 Å². The van der Waals surface area contributed by atoms with Crippen molar-refractivity contribution in [3.63, 3.8) is 0 Å². The van der Waals surface area contributed by atoms with E-state index in [2.05, 4.69) is 31.8 Å². The summed E-state index contributed by atoms with van der Waals surface area (Å²) in [4.78, 5) is 11.3. The zero-order valence-corrected chi connectivity index (χ0v) is 12.5. The molecule has 1 N–H and O–H groups in total. The van der Waals surface area contributed by atoms with Crippen LogP contribution in [0.5, 0.6) is 0 Å². The molecule has 0 aromatic carbocycles. The first-order chi connectivity index (χ1) is 8.84. The van der Waals surface area contributed by atoms with Crippen molar-refractivity contribution in [2.75, 3.05) is 19.6 Å². The van der Waals surface area contributed by atoms with Gasteiger partial charge in [-0.05, 0) is 0 Å². The van der Waals surface area contributed by atoms with Gasteiger partial charge in [-0.2, -0.15) is 0 Å². The molecule has 1 fully saturated rings. The molecule has 1 saturated heterocycles. The lowest BCUT2D eigenvalue weighted by Gasteiger charge is -2.35. The molecule has 7 heteroatoms. The topological polar surface area (TPSA) is 46.0 Å². The highest BCUT2D eigenvalue weighted by atomic mass is 35.5. The minimum absolute atomic E-state index is 0. The van der Waals surface area contributed by atoms with Crippen molar-refractivity contribution in [2.45, 2.75) is 12.6 Å². The van der Waals surface area contributed by atoms with Crippen LogP contribution in [0.4, 0.5) is 0 Å². The summed E-state index contributed by atoms with van der Waals surface area (Å²) in [6.07, 6.45) is 5.75. The lowest BCUT2D eigenvalue weighted by molar-refractivity contribution is 0.144. The Kier molecular flexibility index (Phi) is 4.93. The fourth-order valence-electron chi connectivity index (χ4n) is 2.39. The number of nitrogens with zero attached hydrogens (tertiary/aromatic N) is 4. The summed E-state index contributed by atoms with van der Waals surface area (Å²) >= 11 is 1.72. The molecule has 3 heterocycles. The predicted octanol–water partition coefficient (Wildman–Crippen LogP) is 1.44. The van der Waals surface area contributed by atoms with Crippen molar-refractivity contribution in [1.29, 1.82) is 0 Å². The maximum absolute atomic E-state index is 4.48. The Morgan fingerprint density at radius 2 is 2.32 bits per heavy atom. The van der Waals surface area contributed by atoms with Crippen LogP contribution < -0.4 is 5.32 Å². The summed E-state index contributed by atoms with van der Waals surface area (Å²) in [5.41, 5.74) is 0. The third kappa shape index (κ3) is 3.14. The van der Waals surface area contributed by atoms with Crippen LogP contribution in [0.25, 0.3) is 0 Å². The Bertz CT molecular complexity index is 498. The van der Waals surface area contributed by atoms with Gasteiger partial charge in [0.25, 0.3) is 0 Å². The number of hydrogen-bond acceptors (Lipinski definition) is 5. The molecule has 19 heavy (non-hydrogen) atoms. The molecule has 0 bridgehead atoms. The number of halogens is 1. The number of imidazole rings is 1. The quantitative estimate of drug-likeness (QED) is 0.932. The van der Waals surface area contributed by atoms with Gasteiger partial charge in [-0.3, -0.25) is 4.90 Å². The average molecular weight is 300 g/mol. The monoisotopic (exact) mass is 299 g/mol. The smallest absolute Gasteiger partial charge is 0.127 e. The summed E-state index contributed by atoms with van der Waals surface area (Å²) in [6, 6.07) is 0.336. The van der Waals surface area contributed by atoms with Crippen LogP contribution in [0.15, 0.2) is 24.0 Å². The summed E-state index contributed by atoms with van der Waals surface area (Å²) in [7, 11) is 2.05. The first-order valence-electron chi connectivity index (χ1n) is 6.15. The van der Waals surface area contributed by atoms with E-state index in [4.69, 9.17) is 0 Å². The molecule has 2 aromatic heterocycles. The molecular weight excluding hydrogens is 282 g/mol. The number of rotatable bonds is 3. The standard InChI is InChI=1S/C12H17N5S.ClH/c1-16-5-3-15-12(16)10-8-13-2-6-17(10)9-11-14-4-7-18-11;/h3-5,7,10,13H,2,6,8-9H2,1H3;1H. The molecule has 1 aliphatic heterocycles. The molecule has 0 aliphatic carbocycles. The van der Waals surface area contributed by atoms with Crippen molar-refractivity contribution >= 4 is 23.7 Å². The van der Waals surface area contributed by atoms with Gasteiger partial charge in [0.05, 0.1) is 12.6 Å². The summed E-state index contributed by atoms with van der Waals surface area (Å²) in [5.74, 6) is 1.12. The molecule has 104 valence electrons. The largest absolute Gasteiger partial charge is 0.337 e. The lowest BCUT2D eigenvalue weighted by atomic mass is 10.2. The van der Waals surface area contributed by atoms with E-state index in [-0.39, 0.29) is 12.4 Å². The maximum Gasteiger partial charge on any atom is 0.127 e. The van der Waals surface area contributed by atoms with Gasteiger partial charge in [-0.25, -0.2) is 9.97 Å². The van der Waals surface area contributed by atoms with E-state index in [0.29, 0.717) is 6.04 Å². The minimum atomic E-state index is 0. The zero-order chi connectivity index (χ0) is 12.4. The second-order valence-corrected chi connectivity index (χ2v) is 5.49. The van der Waals surface area contributed by atoms with Crippen molar-refractivity contribution in [3.05, 3.63) is 34.8 Å². The van der Waals surface area contributed by atoms with Crippen LogP contribution in [0.3, 0.4) is 0 Å². The van der Waals surface area contributed by atoms with Crippen LogP contribution in [0, 0.1) is 0 Å². The fourth-order valence-corrected chi connectivity index (χ4v) is 3.03. The third-order valence-corrected chi connectivity index (χ3v) is 4.10. The van der Waals surface area contributed by atoms with Crippen LogP contribution in [-0.4, -0.2) is 39.1 Å². The van der Waals surface area contributed by atoms with Crippen LogP contribution in [-0.2, 0) is 13.6 Å². The normalized spacial score (nSPS) is 20.2. The van der Waals surface area contributed by atoms with E-state index in [1.807, 2.05) is 24.0 Å². The molecular formula is C12H18ClN5S. The van der Waals surface area contributed by atoms with E-state index in [1.54, 1.807) is 11.3 Å². The number of aromatic nitrogens is 3. The number of nitrogens with one attached hydrogen (secondary N) is 1. The Labute approximate surface area is 123 Å². The van der Waals surface area contributed by atoms with E-state index >= 15 is 0 Å². The number of piperazine rings is 1. The van der Waals surface area contributed by atoms with Gasteiger partial charge in [0.1, 0.15) is 10.8 Å². The predicted molar refractivity (Wildman–Crippen MR) is 78.6 cm³/mol. The summed E-state index contributed by atoms with van der Waals surface area (Å²) < 4.78 is 2.10. The average Bonchev–Trinajstić information content (AvgIpc) is 3.02. The minimum Gasteiger partial charge on any atom is -0.337 e. The molecule has 0 spiro atoms. The molecule has 0 amide bonds. The van der Waals surface area contributed by atoms with Crippen molar-refractivity contribution in [1.82, 2.24) is 24.8 Å². The molecule has 2 aromatic rings. The number of aryl methyl sites for hydroxylation is 1. The molecule has 3 rings (SSSR count). The first kappa shape index (κ1) is 14.5. The lowest BCUT2D eigenvalue weighted by Crippen LogP contribution is -2.46. The second kappa shape index (κ2) is 6.47. The second-order valence-electron chi connectivity index (χ2n) is 4.51. The Morgan fingerprint density at radius 3 is 3.00 bits per heavy atom. The van der Waals surface area contributed by atoms with Crippen LogP contribution in [0.1, 0.15) is 16.9 Å². The van der Waals surface area contributed by atoms with Gasteiger partial charge in [0.2, 0.25) is 0 Å². The Morgan fingerprint density at radius 1 is 1.42 bits per heavy atom. The highest BCUT2D eigenvalue weighted by Gasteiger charge is 2.27. The van der Waals surface area contributed by atoms with Gasteiger partial charge in [0.15, 0.2) is 0 Å². The van der Waals surface area contributed by atoms with Crippen LogP contribution >= 0.6 is 23.7 Å². The zero-order valence-electron chi connectivity index (χ0n) is 10.8. The van der Waals surface area contributed by atoms with Gasteiger partial charge in [0, 0.05) is 50.7 Å². The maximum atomic E-state index is 4.48. The van der Waals surface area contributed by atoms with Crippen LogP contribution in [0.2, 0.25) is 0 Å². The van der Waals surface area contributed by atoms with Gasteiger partial charge in [-0.1, -0.05) is 0 Å². The highest BCUT2D eigenvalue weighted by Crippen LogP contribution is 2.23. The van der Waals surface area contributed by atoms with E-state index in [9.17, 15) is 0 Å². The molecule has 0 radical (unpaired) electrons. The van der Waals surface area contributed by atoms with E-state index < -0.39 is 0 Å². The molecule has 1 aliphatic rings. The highest BCUT2D eigenvalue weighted by molar-refractivity contribution is 7.09. The van der Waals surface area contributed by atoms with Crippen molar-refractivity contribution < 1.29 is 0 Å². The Hall–Kier alpha value is -0.950. The molecule has 1 unspecified atom stereocenters. The molecule has 5 nitrogen and oxygen atoms in total. The molecule has 1 atom stereocenters.